The molecule has 2 aliphatic heterocycles. The Morgan fingerprint density at radius 1 is 1.32 bits per heavy atom. The molecule has 1 fully saturated rings. The lowest BCUT2D eigenvalue weighted by Gasteiger charge is -2.46. The normalized spacial score (nSPS) is 31.2. The first-order valence-corrected chi connectivity index (χ1v) is 7.13. The summed E-state index contributed by atoms with van der Waals surface area (Å²) in [7, 11) is 0. The fraction of sp³-hybridized carbons (Fsp3) is 0.500. The van der Waals surface area contributed by atoms with Crippen molar-refractivity contribution in [1.29, 1.82) is 0 Å². The summed E-state index contributed by atoms with van der Waals surface area (Å²) in [5, 5.41) is 12.0. The van der Waals surface area contributed by atoms with E-state index in [0.29, 0.717) is 0 Å². The second kappa shape index (κ2) is 3.84. The van der Waals surface area contributed by atoms with Gasteiger partial charge in [0.25, 0.3) is 0 Å². The number of benzene rings is 1. The van der Waals surface area contributed by atoms with E-state index in [2.05, 4.69) is 17.0 Å². The fourth-order valence-electron chi connectivity index (χ4n) is 3.84. The first kappa shape index (κ1) is 11.5. The molecule has 2 atom stereocenters. The summed E-state index contributed by atoms with van der Waals surface area (Å²) in [6.45, 7) is 4.04. The second-order valence-electron chi connectivity index (χ2n) is 6.09. The van der Waals surface area contributed by atoms with Crippen molar-refractivity contribution in [3.8, 4) is 0 Å². The topological polar surface area (TPSA) is 36.6 Å². The zero-order valence-corrected chi connectivity index (χ0v) is 11.2. The van der Waals surface area contributed by atoms with Crippen LogP contribution in [-0.2, 0) is 6.42 Å². The molecule has 2 aromatic rings. The number of nitrogens with zero attached hydrogens (tertiary/aromatic N) is 1. The molecule has 1 N–H and O–H groups in total. The predicted octanol–water partition coefficient (Wildman–Crippen LogP) is 2.88. The number of fused-ring (bicyclic) bond motifs is 5. The molecular weight excluding hydrogens is 238 g/mol. The number of aliphatic hydroxyl groups is 1. The molecule has 1 aromatic heterocycles. The summed E-state index contributed by atoms with van der Waals surface area (Å²) >= 11 is 0. The van der Waals surface area contributed by atoms with Crippen molar-refractivity contribution in [2.45, 2.75) is 37.8 Å². The summed E-state index contributed by atoms with van der Waals surface area (Å²) in [5.74, 6) is 0.997. The highest BCUT2D eigenvalue weighted by Crippen LogP contribution is 2.45. The van der Waals surface area contributed by atoms with Crippen molar-refractivity contribution in [3.63, 3.8) is 0 Å². The van der Waals surface area contributed by atoms with Crippen LogP contribution in [0.25, 0.3) is 11.0 Å². The molecule has 100 valence electrons. The van der Waals surface area contributed by atoms with Crippen molar-refractivity contribution in [3.05, 3.63) is 35.6 Å². The van der Waals surface area contributed by atoms with Crippen molar-refractivity contribution < 1.29 is 9.52 Å². The van der Waals surface area contributed by atoms with Gasteiger partial charge in [0.1, 0.15) is 11.3 Å². The van der Waals surface area contributed by atoms with E-state index >= 15 is 0 Å². The van der Waals surface area contributed by atoms with Crippen molar-refractivity contribution in [2.24, 2.45) is 0 Å². The van der Waals surface area contributed by atoms with Gasteiger partial charge in [-0.25, -0.2) is 0 Å². The molecule has 3 nitrogen and oxygen atoms in total. The highest BCUT2D eigenvalue weighted by molar-refractivity contribution is 5.82. The van der Waals surface area contributed by atoms with Crippen LogP contribution in [0.3, 0.4) is 0 Å². The van der Waals surface area contributed by atoms with E-state index in [1.54, 1.807) is 0 Å². The van der Waals surface area contributed by atoms with E-state index in [0.717, 1.165) is 43.7 Å². The Morgan fingerprint density at radius 2 is 2.16 bits per heavy atom. The van der Waals surface area contributed by atoms with Gasteiger partial charge in [-0.2, -0.15) is 0 Å². The Morgan fingerprint density at radius 3 is 3.05 bits per heavy atom. The molecule has 0 bridgehead atoms. The van der Waals surface area contributed by atoms with Crippen LogP contribution in [0.4, 0.5) is 0 Å². The third-order valence-corrected chi connectivity index (χ3v) is 4.71. The molecule has 2 unspecified atom stereocenters. The lowest BCUT2D eigenvalue weighted by atomic mass is 9.80. The fourth-order valence-corrected chi connectivity index (χ4v) is 3.84. The molecule has 0 aliphatic carbocycles. The van der Waals surface area contributed by atoms with E-state index < -0.39 is 5.60 Å². The summed E-state index contributed by atoms with van der Waals surface area (Å²) in [6, 6.07) is 8.25. The van der Waals surface area contributed by atoms with Gasteiger partial charge in [-0.1, -0.05) is 18.2 Å². The van der Waals surface area contributed by atoms with Gasteiger partial charge in [0, 0.05) is 17.5 Å². The van der Waals surface area contributed by atoms with E-state index in [1.807, 2.05) is 19.1 Å². The zero-order chi connectivity index (χ0) is 13.0. The maximum Gasteiger partial charge on any atom is 0.134 e. The third-order valence-electron chi connectivity index (χ3n) is 4.71. The van der Waals surface area contributed by atoms with Gasteiger partial charge in [-0.3, -0.25) is 4.90 Å². The Kier molecular flexibility index (Phi) is 2.32. The largest absolute Gasteiger partial charge is 0.459 e. The van der Waals surface area contributed by atoms with Crippen LogP contribution in [-0.4, -0.2) is 28.7 Å². The standard InChI is InChI=1S/C16H19NO2/c1-16(18)8-4-9-17-10-7-12-11-5-2-3-6-13(11)19-14(12)15(16)17/h2-3,5-6,15,18H,4,7-10H2,1H3. The predicted molar refractivity (Wildman–Crippen MR) is 74.1 cm³/mol. The number of para-hydroxylation sites is 1. The molecule has 0 saturated carbocycles. The summed E-state index contributed by atoms with van der Waals surface area (Å²) < 4.78 is 6.09. The molecule has 3 heteroatoms. The molecule has 0 spiro atoms. The maximum absolute atomic E-state index is 10.7. The summed E-state index contributed by atoms with van der Waals surface area (Å²) in [6.07, 6.45) is 2.95. The van der Waals surface area contributed by atoms with Gasteiger partial charge in [-0.15, -0.1) is 0 Å². The molecule has 19 heavy (non-hydrogen) atoms. The first-order chi connectivity index (χ1) is 9.17. The zero-order valence-electron chi connectivity index (χ0n) is 11.2. The number of hydrogen-bond acceptors (Lipinski definition) is 3. The molecule has 0 amide bonds. The minimum Gasteiger partial charge on any atom is -0.459 e. The second-order valence-corrected chi connectivity index (χ2v) is 6.09. The molecule has 1 aromatic carbocycles. The van der Waals surface area contributed by atoms with Gasteiger partial charge >= 0.3 is 0 Å². The average molecular weight is 257 g/mol. The van der Waals surface area contributed by atoms with E-state index in [1.165, 1.54) is 10.9 Å². The number of furan rings is 1. The lowest BCUT2D eigenvalue weighted by molar-refractivity contribution is -0.0810. The van der Waals surface area contributed by atoms with Gasteiger partial charge in [-0.05, 0) is 38.8 Å². The molecule has 0 radical (unpaired) electrons. The van der Waals surface area contributed by atoms with Crippen molar-refractivity contribution >= 4 is 11.0 Å². The van der Waals surface area contributed by atoms with Crippen molar-refractivity contribution in [1.82, 2.24) is 4.90 Å². The summed E-state index contributed by atoms with van der Waals surface area (Å²) in [4.78, 5) is 2.38. The minimum absolute atomic E-state index is 0.0254. The molecule has 2 aliphatic rings. The summed E-state index contributed by atoms with van der Waals surface area (Å²) in [5.41, 5.74) is 1.58. The number of rotatable bonds is 0. The van der Waals surface area contributed by atoms with Crippen LogP contribution < -0.4 is 0 Å². The van der Waals surface area contributed by atoms with Gasteiger partial charge in [0.05, 0.1) is 11.6 Å². The molecule has 4 rings (SSSR count). The Bertz CT molecular complexity index is 629. The van der Waals surface area contributed by atoms with E-state index in [4.69, 9.17) is 4.42 Å². The third kappa shape index (κ3) is 1.58. The smallest absolute Gasteiger partial charge is 0.134 e. The van der Waals surface area contributed by atoms with Crippen LogP contribution in [0.2, 0.25) is 0 Å². The van der Waals surface area contributed by atoms with Crippen LogP contribution in [0.15, 0.2) is 28.7 Å². The van der Waals surface area contributed by atoms with Gasteiger partial charge in [0.2, 0.25) is 0 Å². The van der Waals surface area contributed by atoms with Gasteiger partial charge in [0.15, 0.2) is 0 Å². The number of piperidine rings is 1. The Balaban J connectivity index is 1.93. The monoisotopic (exact) mass is 257 g/mol. The highest BCUT2D eigenvalue weighted by atomic mass is 16.3. The van der Waals surface area contributed by atoms with Crippen molar-refractivity contribution in [2.75, 3.05) is 13.1 Å². The Labute approximate surface area is 112 Å². The van der Waals surface area contributed by atoms with Crippen LogP contribution in [0.1, 0.15) is 37.1 Å². The first-order valence-electron chi connectivity index (χ1n) is 7.13. The average Bonchev–Trinajstić information content (AvgIpc) is 2.76. The quantitative estimate of drug-likeness (QED) is 0.788. The lowest BCUT2D eigenvalue weighted by Crippen LogP contribution is -2.51. The molecule has 3 heterocycles. The highest BCUT2D eigenvalue weighted by Gasteiger charge is 2.45. The van der Waals surface area contributed by atoms with Crippen LogP contribution in [0, 0.1) is 0 Å². The molecular formula is C16H19NO2. The van der Waals surface area contributed by atoms with Gasteiger partial charge < -0.3 is 9.52 Å². The van der Waals surface area contributed by atoms with Crippen LogP contribution in [0.5, 0.6) is 0 Å². The molecule has 1 saturated heterocycles. The maximum atomic E-state index is 10.7. The minimum atomic E-state index is -0.679. The van der Waals surface area contributed by atoms with E-state index in [-0.39, 0.29) is 6.04 Å². The van der Waals surface area contributed by atoms with E-state index in [9.17, 15) is 5.11 Å². The van der Waals surface area contributed by atoms with Crippen LogP contribution >= 0.6 is 0 Å². The SMILES string of the molecule is CC1(O)CCCN2CCc3c(oc4ccccc34)C21. The number of hydrogen-bond donors (Lipinski definition) is 1. The Hall–Kier alpha value is -1.32.